The number of hydrogen-bond donors (Lipinski definition) is 0. The van der Waals surface area contributed by atoms with Gasteiger partial charge in [-0.2, -0.15) is 0 Å². The molecule has 0 aliphatic heterocycles. The van der Waals surface area contributed by atoms with Gasteiger partial charge in [-0.05, 0) is 397 Å². The molecule has 0 heterocycles. The van der Waals surface area contributed by atoms with Gasteiger partial charge in [0.15, 0.2) is 0 Å². The Bertz CT molecular complexity index is 5710. The topological polar surface area (TPSA) is 22.7 Å². The van der Waals surface area contributed by atoms with Crippen LogP contribution in [0.1, 0.15) is 188 Å². The quantitative estimate of drug-likeness (QED) is 0.0376. The second-order valence-electron chi connectivity index (χ2n) is 34.5. The molecule has 127 heavy (non-hydrogen) atoms. The van der Waals surface area contributed by atoms with E-state index in [0.717, 1.165) is 190 Å². The molecule has 0 atom stereocenters. The van der Waals surface area contributed by atoms with Gasteiger partial charge < -0.3 is 34.3 Å². The van der Waals surface area contributed by atoms with Crippen molar-refractivity contribution in [2.24, 2.45) is 0 Å². The third-order valence-electron chi connectivity index (χ3n) is 24.9. The molecule has 0 aliphatic carbocycles. The first-order valence-corrected chi connectivity index (χ1v) is 47.4. The Morgan fingerprint density at radius 1 is 0.118 bits per heavy atom. The Morgan fingerprint density at radius 2 is 0.197 bits per heavy atom. The first kappa shape index (κ1) is 88.8. The van der Waals surface area contributed by atoms with Gasteiger partial charge in [-0.15, -0.1) is 0 Å². The van der Waals surface area contributed by atoms with Crippen LogP contribution in [-0.4, -0.2) is 0 Å². The highest BCUT2D eigenvalue weighted by Gasteiger charge is 2.25. The third kappa shape index (κ3) is 22.4. The molecule has 15 rings (SSSR count). The molecule has 0 saturated heterocycles. The highest BCUT2D eigenvalue weighted by Crippen LogP contribution is 2.47. The number of nitrogens with zero attached hydrogens (tertiary/aromatic N) is 7. The summed E-state index contributed by atoms with van der Waals surface area (Å²) in [5.74, 6) is 0. The summed E-state index contributed by atoms with van der Waals surface area (Å²) in [6.07, 6.45) is 23.9. The second-order valence-corrected chi connectivity index (χ2v) is 34.5. The molecular formula is C120H129N7. The minimum atomic E-state index is 1.03. The lowest BCUT2D eigenvalue weighted by Gasteiger charge is -2.31. The van der Waals surface area contributed by atoms with Crippen LogP contribution in [0.2, 0.25) is 0 Å². The van der Waals surface area contributed by atoms with Gasteiger partial charge in [0.25, 0.3) is 0 Å². The van der Waals surface area contributed by atoms with Crippen molar-refractivity contribution in [3.8, 4) is 0 Å². The summed E-state index contributed by atoms with van der Waals surface area (Å²) < 4.78 is 0. The van der Waals surface area contributed by atoms with Crippen LogP contribution in [0.15, 0.2) is 364 Å². The van der Waals surface area contributed by atoms with Crippen molar-refractivity contribution < 1.29 is 0 Å². The molecule has 7 nitrogen and oxygen atoms in total. The molecule has 0 saturated carbocycles. The summed E-state index contributed by atoms with van der Waals surface area (Å²) in [7, 11) is 0. The monoisotopic (exact) mass is 1670 g/mol. The van der Waals surface area contributed by atoms with Crippen LogP contribution < -0.4 is 34.3 Å². The standard InChI is InChI=1S/C120H129N7/c1-10-17-24-93-35-53-102(54-36-93)121(100-49-31-91(8)32-50-100)109-67-85-118(86-68-109)127(120-89-83-117(84-90-120)126(108-65-47-99(48-66-108)30-23-16-7)116-81-75-113(76-82-116)124(105-59-41-96(42-60-105)27-20-13-4)106-61-43-97(44-62-106)28-21-14-5)119-87-71-111(72-88-119)122(101-51-33-92(9)34-52-101)110-69-77-114(78-70-110)125(107-63-45-98(46-64-107)29-22-15-6)115-79-73-112(74-80-115)123(103-55-37-94(38-56-103)25-18-11-2)104-57-39-95(40-58-104)26-19-12-3/h31-90H,10-30H2,1-9H3. The van der Waals surface area contributed by atoms with Gasteiger partial charge in [0.1, 0.15) is 0 Å². The number of hydrogen-bond acceptors (Lipinski definition) is 7. The first-order valence-electron chi connectivity index (χ1n) is 47.4. The summed E-state index contributed by atoms with van der Waals surface area (Å²) in [6.45, 7) is 20.2. The Hall–Kier alpha value is -13.1. The van der Waals surface area contributed by atoms with E-state index in [2.05, 4.69) is 461 Å². The van der Waals surface area contributed by atoms with Crippen LogP contribution in [0.4, 0.5) is 119 Å². The second kappa shape index (κ2) is 44.2. The van der Waals surface area contributed by atoms with Gasteiger partial charge in [-0.1, -0.05) is 214 Å². The van der Waals surface area contributed by atoms with Crippen molar-refractivity contribution >= 4 is 119 Å². The Balaban J connectivity index is 0.802. The minimum Gasteiger partial charge on any atom is -0.311 e. The van der Waals surface area contributed by atoms with Crippen molar-refractivity contribution in [3.63, 3.8) is 0 Å². The van der Waals surface area contributed by atoms with E-state index in [-0.39, 0.29) is 0 Å². The lowest BCUT2D eigenvalue weighted by Crippen LogP contribution is -2.14. The van der Waals surface area contributed by atoms with Crippen LogP contribution in [0.25, 0.3) is 0 Å². The van der Waals surface area contributed by atoms with Crippen LogP contribution in [0, 0.1) is 13.8 Å². The van der Waals surface area contributed by atoms with Gasteiger partial charge in [0.2, 0.25) is 0 Å². The van der Waals surface area contributed by atoms with E-state index in [4.69, 9.17) is 0 Å². The fraction of sp³-hybridized carbons (Fsp3) is 0.250. The molecule has 0 radical (unpaired) electrons. The van der Waals surface area contributed by atoms with Crippen LogP contribution in [0.3, 0.4) is 0 Å². The Morgan fingerprint density at radius 3 is 0.283 bits per heavy atom. The molecule has 0 spiro atoms. The van der Waals surface area contributed by atoms with Gasteiger partial charge in [-0.25, -0.2) is 0 Å². The molecule has 15 aromatic rings. The van der Waals surface area contributed by atoms with Gasteiger partial charge >= 0.3 is 0 Å². The van der Waals surface area contributed by atoms with Crippen LogP contribution >= 0.6 is 0 Å². The van der Waals surface area contributed by atoms with Crippen LogP contribution in [-0.2, 0) is 44.9 Å². The number of unbranched alkanes of at least 4 members (excludes halogenated alkanes) is 7. The molecule has 0 fully saturated rings. The molecule has 0 N–H and O–H groups in total. The van der Waals surface area contributed by atoms with Gasteiger partial charge in [-0.3, -0.25) is 0 Å². The molecule has 0 aromatic heterocycles. The summed E-state index contributed by atoms with van der Waals surface area (Å²) in [6, 6.07) is 138. The Labute approximate surface area is 759 Å². The van der Waals surface area contributed by atoms with Crippen molar-refractivity contribution in [3.05, 3.63) is 414 Å². The zero-order valence-corrected chi connectivity index (χ0v) is 76.6. The lowest BCUT2D eigenvalue weighted by molar-refractivity contribution is 0.795. The normalized spacial score (nSPS) is 11.2. The molecule has 0 amide bonds. The zero-order chi connectivity index (χ0) is 87.6. The average molecular weight is 1670 g/mol. The molecule has 0 unspecified atom stereocenters. The van der Waals surface area contributed by atoms with E-state index in [1.165, 1.54) is 114 Å². The first-order chi connectivity index (χ1) is 62.5. The summed E-state index contributed by atoms with van der Waals surface area (Å²) in [5, 5.41) is 0. The zero-order valence-electron chi connectivity index (χ0n) is 76.6. The summed E-state index contributed by atoms with van der Waals surface area (Å²) in [4.78, 5) is 16.8. The number of rotatable bonds is 42. The van der Waals surface area contributed by atoms with Crippen molar-refractivity contribution in [2.75, 3.05) is 34.3 Å². The molecule has 0 bridgehead atoms. The maximum atomic E-state index is 2.42. The predicted molar refractivity (Wildman–Crippen MR) is 549 cm³/mol. The van der Waals surface area contributed by atoms with Gasteiger partial charge in [0, 0.05) is 119 Å². The molecule has 7 heteroatoms. The van der Waals surface area contributed by atoms with E-state index >= 15 is 0 Å². The average Bonchev–Trinajstić information content (AvgIpc) is 0.781. The largest absolute Gasteiger partial charge is 0.311 e. The number of benzene rings is 15. The highest BCUT2D eigenvalue weighted by atomic mass is 15.2. The van der Waals surface area contributed by atoms with E-state index in [1.807, 2.05) is 0 Å². The fourth-order valence-corrected chi connectivity index (χ4v) is 17.4. The van der Waals surface area contributed by atoms with Gasteiger partial charge in [0.05, 0.1) is 0 Å². The summed E-state index contributed by atoms with van der Waals surface area (Å²) in [5.41, 5.74) is 34.8. The van der Waals surface area contributed by atoms with Crippen LogP contribution in [0.5, 0.6) is 0 Å². The van der Waals surface area contributed by atoms with Crippen molar-refractivity contribution in [1.29, 1.82) is 0 Å². The number of anilines is 21. The van der Waals surface area contributed by atoms with E-state index in [1.54, 1.807) is 0 Å². The van der Waals surface area contributed by atoms with E-state index in [9.17, 15) is 0 Å². The molecule has 0 aliphatic rings. The van der Waals surface area contributed by atoms with E-state index < -0.39 is 0 Å². The maximum absolute atomic E-state index is 2.42. The fourth-order valence-electron chi connectivity index (χ4n) is 17.4. The lowest BCUT2D eigenvalue weighted by atomic mass is 10.1. The maximum Gasteiger partial charge on any atom is 0.0463 e. The Kier molecular flexibility index (Phi) is 30.9. The predicted octanol–water partition coefficient (Wildman–Crippen LogP) is 36.0. The molecule has 15 aromatic carbocycles. The third-order valence-corrected chi connectivity index (χ3v) is 24.9. The minimum absolute atomic E-state index is 1.03. The molecular weight excluding hydrogens is 1540 g/mol. The SMILES string of the molecule is CCCCc1ccc(N(c2ccc(C)cc2)c2ccc(N(c3ccc(N(c4ccc(C)cc4)c4ccc(N(c5ccc(CCCC)cc5)c5ccc(N(c6ccc(CCCC)cc6)c6ccc(CCCC)cc6)cc5)cc4)cc3)c3ccc(N(c4ccc(CCCC)cc4)c4ccc(N(c5ccc(CCCC)cc5)c5ccc(CCCC)cc5)cc4)cc3)cc2)cc1. The van der Waals surface area contributed by atoms with E-state index in [0.29, 0.717) is 0 Å². The summed E-state index contributed by atoms with van der Waals surface area (Å²) >= 11 is 0. The molecule has 644 valence electrons. The smallest absolute Gasteiger partial charge is 0.0463 e. The van der Waals surface area contributed by atoms with Crippen molar-refractivity contribution in [2.45, 2.75) is 197 Å². The highest BCUT2D eigenvalue weighted by molar-refractivity contribution is 5.89. The number of aryl methyl sites for hydroxylation is 9. The van der Waals surface area contributed by atoms with Crippen molar-refractivity contribution in [1.82, 2.24) is 0 Å².